The van der Waals surface area contributed by atoms with E-state index in [9.17, 15) is 40.2 Å². The van der Waals surface area contributed by atoms with Crippen molar-refractivity contribution in [2.45, 2.75) is 0 Å². The average Bonchev–Trinajstić information content (AvgIpc) is 2.81. The number of nitrogens with zero attached hydrogens (tertiary/aromatic N) is 2. The summed E-state index contributed by atoms with van der Waals surface area (Å²) in [6, 6.07) is 10.5. The van der Waals surface area contributed by atoms with Gasteiger partial charge in [0.25, 0.3) is 11.8 Å². The maximum absolute atomic E-state index is 12.0. The second kappa shape index (κ2) is 9.91. The van der Waals surface area contributed by atoms with E-state index in [0.29, 0.717) is 11.1 Å². The van der Waals surface area contributed by atoms with Gasteiger partial charge in [-0.15, -0.1) is 0 Å². The zero-order valence-electron chi connectivity index (χ0n) is 17.2. The second-order valence-corrected chi connectivity index (χ2v) is 6.79. The first-order chi connectivity index (χ1) is 16.2. The van der Waals surface area contributed by atoms with Crippen molar-refractivity contribution in [3.05, 3.63) is 70.8 Å². The summed E-state index contributed by atoms with van der Waals surface area (Å²) in [5, 5.41) is 63.9. The van der Waals surface area contributed by atoms with Crippen LogP contribution < -0.4 is 10.9 Å². The van der Waals surface area contributed by atoms with Crippen LogP contribution in [0, 0.1) is 0 Å². The molecule has 0 radical (unpaired) electrons. The molecule has 0 saturated carbocycles. The third kappa shape index (κ3) is 5.50. The molecule has 0 aliphatic heterocycles. The molecular formula is C22H18N4O8. The van der Waals surface area contributed by atoms with E-state index in [1.54, 1.807) is 24.3 Å². The number of hydrazone groups is 2. The fourth-order valence-corrected chi connectivity index (χ4v) is 2.60. The van der Waals surface area contributed by atoms with Gasteiger partial charge >= 0.3 is 0 Å². The minimum absolute atomic E-state index is 0.115. The van der Waals surface area contributed by atoms with E-state index >= 15 is 0 Å². The van der Waals surface area contributed by atoms with Crippen molar-refractivity contribution in [3.8, 4) is 34.5 Å². The molecule has 0 spiro atoms. The lowest BCUT2D eigenvalue weighted by atomic mass is 10.1. The number of nitrogens with one attached hydrogen (secondary N) is 2. The van der Waals surface area contributed by atoms with Crippen LogP contribution in [0.5, 0.6) is 34.5 Å². The monoisotopic (exact) mass is 466 g/mol. The molecule has 0 aliphatic carbocycles. The van der Waals surface area contributed by atoms with Gasteiger partial charge < -0.3 is 30.6 Å². The lowest BCUT2D eigenvalue weighted by molar-refractivity contribution is 0.0946. The molecule has 34 heavy (non-hydrogen) atoms. The highest BCUT2D eigenvalue weighted by molar-refractivity contribution is 5.97. The predicted octanol–water partition coefficient (Wildman–Crippen LogP) is 1.45. The highest BCUT2D eigenvalue weighted by Crippen LogP contribution is 2.36. The van der Waals surface area contributed by atoms with Gasteiger partial charge in [-0.25, -0.2) is 10.9 Å². The summed E-state index contributed by atoms with van der Waals surface area (Å²) in [6.07, 6.45) is 2.68. The molecule has 3 aromatic carbocycles. The van der Waals surface area contributed by atoms with Crippen molar-refractivity contribution in [3.63, 3.8) is 0 Å². The van der Waals surface area contributed by atoms with Crippen LogP contribution in [0.25, 0.3) is 0 Å². The van der Waals surface area contributed by atoms with Crippen LogP contribution in [0.15, 0.2) is 58.7 Å². The fourth-order valence-electron chi connectivity index (χ4n) is 2.60. The number of carbonyl (C=O) groups is 2. The van der Waals surface area contributed by atoms with Crippen molar-refractivity contribution in [1.29, 1.82) is 0 Å². The summed E-state index contributed by atoms with van der Waals surface area (Å²) >= 11 is 0. The van der Waals surface area contributed by atoms with Gasteiger partial charge in [0.2, 0.25) is 0 Å². The summed E-state index contributed by atoms with van der Waals surface area (Å²) in [7, 11) is 0. The molecule has 0 unspecified atom stereocenters. The van der Waals surface area contributed by atoms with Gasteiger partial charge in [0, 0.05) is 11.1 Å². The molecule has 0 saturated heterocycles. The highest BCUT2D eigenvalue weighted by atomic mass is 16.3. The van der Waals surface area contributed by atoms with Gasteiger partial charge in [-0.1, -0.05) is 24.3 Å². The molecule has 2 amide bonds. The first-order valence-electron chi connectivity index (χ1n) is 9.42. The molecule has 12 heteroatoms. The zero-order valence-corrected chi connectivity index (χ0v) is 17.2. The minimum atomic E-state index is -0.734. The van der Waals surface area contributed by atoms with Crippen molar-refractivity contribution >= 4 is 24.2 Å². The standard InChI is InChI=1S/C22H18N4O8/c27-15-5-13(6-16(28)19(15)31)21(33)25-23-9-11-1-2-12(4-3-11)10-24-26-22(34)14-7-17(29)20(32)18(30)8-14/h1-10,27-32H,(H,25,33)(H,26,34)/b23-9+,24-10+. The third-order valence-electron chi connectivity index (χ3n) is 4.36. The van der Waals surface area contributed by atoms with E-state index in [4.69, 9.17) is 0 Å². The third-order valence-corrected chi connectivity index (χ3v) is 4.36. The van der Waals surface area contributed by atoms with Crippen LogP contribution in [0.2, 0.25) is 0 Å². The lowest BCUT2D eigenvalue weighted by Crippen LogP contribution is -2.17. The van der Waals surface area contributed by atoms with Crippen molar-refractivity contribution in [2.24, 2.45) is 10.2 Å². The molecule has 0 heterocycles. The SMILES string of the molecule is O=C(N/N=C/c1ccc(/C=N/NC(=O)c2cc(O)c(O)c(O)c2)cc1)c1cc(O)c(O)c(O)c1. The number of amides is 2. The van der Waals surface area contributed by atoms with Gasteiger partial charge in [0.15, 0.2) is 34.5 Å². The zero-order chi connectivity index (χ0) is 24.8. The Morgan fingerprint density at radius 1 is 0.588 bits per heavy atom. The molecule has 12 nitrogen and oxygen atoms in total. The normalized spacial score (nSPS) is 11.1. The lowest BCUT2D eigenvalue weighted by Gasteiger charge is -2.04. The quantitative estimate of drug-likeness (QED) is 0.151. The second-order valence-electron chi connectivity index (χ2n) is 6.79. The van der Waals surface area contributed by atoms with Gasteiger partial charge in [-0.05, 0) is 35.4 Å². The van der Waals surface area contributed by atoms with Crippen LogP contribution in [-0.4, -0.2) is 54.9 Å². The summed E-state index contributed by atoms with van der Waals surface area (Å²) in [6.45, 7) is 0. The molecule has 3 rings (SSSR count). The first-order valence-corrected chi connectivity index (χ1v) is 9.42. The summed E-state index contributed by atoms with van der Waals surface area (Å²) in [5.41, 5.74) is 5.40. The number of aromatic hydroxyl groups is 6. The number of hydrogen-bond acceptors (Lipinski definition) is 10. The van der Waals surface area contributed by atoms with Gasteiger partial charge in [0.05, 0.1) is 12.4 Å². The maximum atomic E-state index is 12.0. The first kappa shape index (κ1) is 23.4. The van der Waals surface area contributed by atoms with E-state index in [1.807, 2.05) is 0 Å². The van der Waals surface area contributed by atoms with E-state index in [2.05, 4.69) is 21.1 Å². The Labute approximate surface area is 191 Å². The predicted molar refractivity (Wildman–Crippen MR) is 119 cm³/mol. The topological polar surface area (TPSA) is 204 Å². The Morgan fingerprint density at radius 2 is 0.882 bits per heavy atom. The Morgan fingerprint density at radius 3 is 1.18 bits per heavy atom. The summed E-state index contributed by atoms with van der Waals surface area (Å²) in [5.74, 6) is -5.52. The van der Waals surface area contributed by atoms with Crippen LogP contribution in [0.4, 0.5) is 0 Å². The summed E-state index contributed by atoms with van der Waals surface area (Å²) < 4.78 is 0. The van der Waals surface area contributed by atoms with Crippen molar-refractivity contribution < 1.29 is 40.2 Å². The molecular weight excluding hydrogens is 448 g/mol. The van der Waals surface area contributed by atoms with Crippen molar-refractivity contribution in [1.82, 2.24) is 10.9 Å². The van der Waals surface area contributed by atoms with E-state index in [-0.39, 0.29) is 11.1 Å². The van der Waals surface area contributed by atoms with Crippen LogP contribution >= 0.6 is 0 Å². The van der Waals surface area contributed by atoms with E-state index in [1.165, 1.54) is 12.4 Å². The van der Waals surface area contributed by atoms with Crippen LogP contribution in [0.1, 0.15) is 31.8 Å². The van der Waals surface area contributed by atoms with Crippen molar-refractivity contribution in [2.75, 3.05) is 0 Å². The Bertz CT molecular complexity index is 1160. The number of phenolic OH excluding ortho intramolecular Hbond substituents is 6. The molecule has 0 bridgehead atoms. The van der Waals surface area contributed by atoms with Gasteiger partial charge in [-0.3, -0.25) is 9.59 Å². The van der Waals surface area contributed by atoms with Crippen LogP contribution in [0.3, 0.4) is 0 Å². The molecule has 0 aromatic heterocycles. The number of carbonyl (C=O) groups excluding carboxylic acids is 2. The Balaban J connectivity index is 1.55. The summed E-state index contributed by atoms with van der Waals surface area (Å²) in [4.78, 5) is 24.0. The van der Waals surface area contributed by atoms with Gasteiger partial charge in [-0.2, -0.15) is 10.2 Å². The van der Waals surface area contributed by atoms with E-state index < -0.39 is 46.3 Å². The number of hydrogen-bond donors (Lipinski definition) is 8. The number of rotatable bonds is 6. The highest BCUT2D eigenvalue weighted by Gasteiger charge is 2.14. The minimum Gasteiger partial charge on any atom is -0.504 e. The molecule has 0 atom stereocenters. The van der Waals surface area contributed by atoms with Gasteiger partial charge in [0.1, 0.15) is 0 Å². The number of benzene rings is 3. The fraction of sp³-hybridized carbons (Fsp3) is 0. The average molecular weight is 466 g/mol. The van der Waals surface area contributed by atoms with Crippen LogP contribution in [-0.2, 0) is 0 Å². The molecule has 3 aromatic rings. The van der Waals surface area contributed by atoms with E-state index in [0.717, 1.165) is 24.3 Å². The molecule has 0 fully saturated rings. The Kier molecular flexibility index (Phi) is 6.82. The largest absolute Gasteiger partial charge is 0.504 e. The Hall–Kier alpha value is -5.26. The molecule has 0 aliphatic rings. The molecule has 174 valence electrons. The maximum Gasteiger partial charge on any atom is 0.271 e. The molecule has 8 N–H and O–H groups in total. The number of phenols is 6. The smallest absolute Gasteiger partial charge is 0.271 e.